The van der Waals surface area contributed by atoms with E-state index < -0.39 is 0 Å². The summed E-state index contributed by atoms with van der Waals surface area (Å²) < 4.78 is 5.43. The van der Waals surface area contributed by atoms with Crippen molar-refractivity contribution in [3.63, 3.8) is 0 Å². The van der Waals surface area contributed by atoms with Crippen LogP contribution in [0.4, 0.5) is 0 Å². The van der Waals surface area contributed by atoms with Gasteiger partial charge in [-0.05, 0) is 30.9 Å². The van der Waals surface area contributed by atoms with Gasteiger partial charge >= 0.3 is 0 Å². The number of ether oxygens (including phenoxy) is 1. The Kier molecular flexibility index (Phi) is 4.93. The van der Waals surface area contributed by atoms with Crippen molar-refractivity contribution in [3.05, 3.63) is 45.9 Å². The summed E-state index contributed by atoms with van der Waals surface area (Å²) in [6, 6.07) is 8.19. The van der Waals surface area contributed by atoms with Crippen molar-refractivity contribution in [3.8, 4) is 5.75 Å². The van der Waals surface area contributed by atoms with Crippen molar-refractivity contribution in [1.82, 2.24) is 9.88 Å². The van der Waals surface area contributed by atoms with Crippen LogP contribution in [-0.2, 0) is 13.0 Å². The van der Waals surface area contributed by atoms with Gasteiger partial charge in [-0.25, -0.2) is 4.98 Å². The number of nitrogens with zero attached hydrogens (tertiary/aromatic N) is 2. The number of benzene rings is 1. The van der Waals surface area contributed by atoms with E-state index in [2.05, 4.69) is 11.1 Å². The number of aromatic nitrogens is 1. The summed E-state index contributed by atoms with van der Waals surface area (Å²) in [5.74, 6) is 0.893. The molecule has 1 fully saturated rings. The Morgan fingerprint density at radius 3 is 3.04 bits per heavy atom. The van der Waals surface area contributed by atoms with Crippen LogP contribution in [-0.4, -0.2) is 35.5 Å². The Morgan fingerprint density at radius 1 is 1.48 bits per heavy atom. The predicted molar refractivity (Wildman–Crippen MR) is 90.8 cm³/mol. The van der Waals surface area contributed by atoms with Gasteiger partial charge in [-0.3, -0.25) is 4.79 Å². The molecule has 1 aliphatic rings. The van der Waals surface area contributed by atoms with E-state index in [1.807, 2.05) is 28.5 Å². The molecule has 1 aromatic heterocycles. The predicted octanol–water partition coefficient (Wildman–Crippen LogP) is 2.46. The summed E-state index contributed by atoms with van der Waals surface area (Å²) in [6.45, 7) is 1.16. The Balaban J connectivity index is 1.76. The smallest absolute Gasteiger partial charge is 0.273 e. The van der Waals surface area contributed by atoms with E-state index in [1.54, 1.807) is 7.11 Å². The molecule has 2 N–H and O–H groups in total. The van der Waals surface area contributed by atoms with Gasteiger partial charge in [0, 0.05) is 24.5 Å². The molecule has 1 amide bonds. The highest BCUT2D eigenvalue weighted by molar-refractivity contribution is 7.09. The van der Waals surface area contributed by atoms with Gasteiger partial charge in [-0.15, -0.1) is 11.3 Å². The monoisotopic (exact) mass is 331 g/mol. The fraction of sp³-hybridized carbons (Fsp3) is 0.412. The molecular weight excluding hydrogens is 310 g/mol. The van der Waals surface area contributed by atoms with E-state index in [9.17, 15) is 4.79 Å². The Morgan fingerprint density at radius 2 is 2.30 bits per heavy atom. The molecule has 2 heterocycles. The summed E-state index contributed by atoms with van der Waals surface area (Å²) in [5, 5.41) is 2.61. The molecule has 0 radical (unpaired) electrons. The van der Waals surface area contributed by atoms with E-state index in [0.717, 1.165) is 42.1 Å². The third-order valence-electron chi connectivity index (χ3n) is 4.23. The number of amides is 1. The highest BCUT2D eigenvalue weighted by Gasteiger charge is 2.31. The first-order valence-corrected chi connectivity index (χ1v) is 8.68. The van der Waals surface area contributed by atoms with Crippen LogP contribution in [0.25, 0.3) is 0 Å². The highest BCUT2D eigenvalue weighted by atomic mass is 32.1. The zero-order valence-electron chi connectivity index (χ0n) is 13.2. The molecule has 2 aromatic rings. The minimum absolute atomic E-state index is 0.0124. The third-order valence-corrected chi connectivity index (χ3v) is 5.10. The van der Waals surface area contributed by atoms with Crippen LogP contribution >= 0.6 is 11.3 Å². The second-order valence-electron chi connectivity index (χ2n) is 5.64. The lowest BCUT2D eigenvalue weighted by molar-refractivity contribution is 0.0730. The van der Waals surface area contributed by atoms with E-state index in [0.29, 0.717) is 12.2 Å². The quantitative estimate of drug-likeness (QED) is 0.914. The standard InChI is InChI=1S/C17H21N3O2S/c1-22-15-7-3-2-5-12(15)9-13-6-4-8-20(13)17(21)14-11-23-16(10-18)19-14/h2-3,5,7,11,13H,4,6,8-10,18H2,1H3/t13-/m1/s1. The van der Waals surface area contributed by atoms with E-state index >= 15 is 0 Å². The zero-order chi connectivity index (χ0) is 16.2. The van der Waals surface area contributed by atoms with E-state index in [4.69, 9.17) is 10.5 Å². The van der Waals surface area contributed by atoms with Crippen molar-refractivity contribution in [2.75, 3.05) is 13.7 Å². The molecule has 0 spiro atoms. The minimum atomic E-state index is 0.0124. The number of likely N-dealkylation sites (tertiary alicyclic amines) is 1. The van der Waals surface area contributed by atoms with Crippen molar-refractivity contribution in [2.24, 2.45) is 5.73 Å². The molecule has 0 saturated carbocycles. The molecule has 23 heavy (non-hydrogen) atoms. The molecule has 0 unspecified atom stereocenters. The number of rotatable bonds is 5. The molecule has 5 nitrogen and oxygen atoms in total. The molecule has 0 aliphatic carbocycles. The normalized spacial score (nSPS) is 17.5. The maximum atomic E-state index is 12.7. The molecule has 6 heteroatoms. The summed E-state index contributed by atoms with van der Waals surface area (Å²) >= 11 is 1.44. The molecule has 1 aromatic carbocycles. The lowest BCUT2D eigenvalue weighted by Gasteiger charge is -2.24. The van der Waals surface area contributed by atoms with Gasteiger partial charge in [-0.2, -0.15) is 0 Å². The fourth-order valence-corrected chi connectivity index (χ4v) is 3.74. The highest BCUT2D eigenvalue weighted by Crippen LogP contribution is 2.27. The van der Waals surface area contributed by atoms with Gasteiger partial charge in [0.15, 0.2) is 0 Å². The third kappa shape index (κ3) is 3.38. The summed E-state index contributed by atoms with van der Waals surface area (Å²) in [7, 11) is 1.68. The van der Waals surface area contributed by atoms with Gasteiger partial charge in [0.25, 0.3) is 5.91 Å². The summed E-state index contributed by atoms with van der Waals surface area (Å²) in [5.41, 5.74) is 7.24. The number of thiazole rings is 1. The van der Waals surface area contributed by atoms with Gasteiger partial charge < -0.3 is 15.4 Å². The van der Waals surface area contributed by atoms with Crippen molar-refractivity contribution in [2.45, 2.75) is 31.8 Å². The maximum absolute atomic E-state index is 12.7. The number of carbonyl (C=O) groups excluding carboxylic acids is 1. The second kappa shape index (κ2) is 7.10. The van der Waals surface area contributed by atoms with Gasteiger partial charge in [0.05, 0.1) is 7.11 Å². The number of methoxy groups -OCH3 is 1. The van der Waals surface area contributed by atoms with Crippen LogP contribution in [0, 0.1) is 0 Å². The van der Waals surface area contributed by atoms with Gasteiger partial charge in [0.2, 0.25) is 0 Å². The molecule has 1 atom stereocenters. The van der Waals surface area contributed by atoms with Gasteiger partial charge in [0.1, 0.15) is 16.5 Å². The molecule has 122 valence electrons. The lowest BCUT2D eigenvalue weighted by Crippen LogP contribution is -2.37. The fourth-order valence-electron chi connectivity index (χ4n) is 3.09. The number of para-hydroxylation sites is 1. The number of carbonyl (C=O) groups is 1. The average Bonchev–Trinajstić information content (AvgIpc) is 3.24. The van der Waals surface area contributed by atoms with Crippen LogP contribution in [0.15, 0.2) is 29.6 Å². The first-order chi connectivity index (χ1) is 11.2. The Bertz CT molecular complexity index is 686. The summed E-state index contributed by atoms with van der Waals surface area (Å²) in [6.07, 6.45) is 2.85. The van der Waals surface area contributed by atoms with Crippen molar-refractivity contribution >= 4 is 17.2 Å². The number of hydrogen-bond acceptors (Lipinski definition) is 5. The van der Waals surface area contributed by atoms with Crippen molar-refractivity contribution in [1.29, 1.82) is 0 Å². The Hall–Kier alpha value is -1.92. The van der Waals surface area contributed by atoms with Crippen LogP contribution < -0.4 is 10.5 Å². The van der Waals surface area contributed by atoms with E-state index in [1.165, 1.54) is 11.3 Å². The van der Waals surface area contributed by atoms with E-state index in [-0.39, 0.29) is 11.9 Å². The number of nitrogens with two attached hydrogens (primary N) is 1. The van der Waals surface area contributed by atoms with Crippen LogP contribution in [0.1, 0.15) is 33.9 Å². The first-order valence-electron chi connectivity index (χ1n) is 7.80. The maximum Gasteiger partial charge on any atom is 0.273 e. The SMILES string of the molecule is COc1ccccc1C[C@H]1CCCN1C(=O)c1csc(CN)n1. The van der Waals surface area contributed by atoms with Crippen molar-refractivity contribution < 1.29 is 9.53 Å². The molecular formula is C17H21N3O2S. The van der Waals surface area contributed by atoms with Crippen LogP contribution in [0.3, 0.4) is 0 Å². The Labute approximate surface area is 140 Å². The van der Waals surface area contributed by atoms with Crippen LogP contribution in [0.5, 0.6) is 5.75 Å². The van der Waals surface area contributed by atoms with Crippen LogP contribution in [0.2, 0.25) is 0 Å². The minimum Gasteiger partial charge on any atom is -0.496 e. The largest absolute Gasteiger partial charge is 0.496 e. The average molecular weight is 331 g/mol. The zero-order valence-corrected chi connectivity index (χ0v) is 14.0. The molecule has 0 bridgehead atoms. The lowest BCUT2D eigenvalue weighted by atomic mass is 10.0. The molecule has 1 aliphatic heterocycles. The van der Waals surface area contributed by atoms with Gasteiger partial charge in [-0.1, -0.05) is 18.2 Å². The topological polar surface area (TPSA) is 68.5 Å². The number of hydrogen-bond donors (Lipinski definition) is 1. The molecule has 1 saturated heterocycles. The summed E-state index contributed by atoms with van der Waals surface area (Å²) in [4.78, 5) is 19.0. The second-order valence-corrected chi connectivity index (χ2v) is 6.58. The first kappa shape index (κ1) is 16.0. The molecule has 3 rings (SSSR count).